The highest BCUT2D eigenvalue weighted by Crippen LogP contribution is 2.35. The van der Waals surface area contributed by atoms with Gasteiger partial charge >= 0.3 is 0 Å². The second-order valence-electron chi connectivity index (χ2n) is 9.93. The van der Waals surface area contributed by atoms with E-state index in [-0.39, 0.29) is 6.04 Å². The standard InChI is InChI=1S/C29H34N4O2/c1-19(2)27(24-16-14-22(15-17-24)21-10-6-4-7-11-21)30-18-25-31-32-29(34-25)26-20(3)35-33-28(26)23-12-8-5-9-13-23/h5,8-9,12-17,19,21,27,30H,4,6-7,10-11,18H2,1-3H3. The molecule has 6 heteroatoms. The van der Waals surface area contributed by atoms with Gasteiger partial charge in [0.1, 0.15) is 17.0 Å². The van der Waals surface area contributed by atoms with Crippen LogP contribution in [0.2, 0.25) is 0 Å². The van der Waals surface area contributed by atoms with Crippen molar-refractivity contribution in [3.63, 3.8) is 0 Å². The van der Waals surface area contributed by atoms with Gasteiger partial charge in [-0.05, 0) is 42.7 Å². The molecule has 2 heterocycles. The Morgan fingerprint density at radius 2 is 1.69 bits per heavy atom. The summed E-state index contributed by atoms with van der Waals surface area (Å²) >= 11 is 0. The molecular formula is C29H34N4O2. The van der Waals surface area contributed by atoms with Crippen molar-refractivity contribution in [2.45, 2.75) is 71.4 Å². The zero-order valence-corrected chi connectivity index (χ0v) is 20.8. The smallest absolute Gasteiger partial charge is 0.253 e. The summed E-state index contributed by atoms with van der Waals surface area (Å²) in [5, 5.41) is 16.5. The van der Waals surface area contributed by atoms with Gasteiger partial charge in [-0.2, -0.15) is 0 Å². The molecule has 1 aliphatic carbocycles. The number of rotatable bonds is 8. The van der Waals surface area contributed by atoms with E-state index in [4.69, 9.17) is 8.94 Å². The summed E-state index contributed by atoms with van der Waals surface area (Å²) in [6, 6.07) is 19.3. The van der Waals surface area contributed by atoms with Crippen molar-refractivity contribution < 1.29 is 8.94 Å². The molecule has 6 nitrogen and oxygen atoms in total. The lowest BCUT2D eigenvalue weighted by Crippen LogP contribution is -2.25. The number of aryl methyl sites for hydroxylation is 1. The van der Waals surface area contributed by atoms with Crippen molar-refractivity contribution in [2.75, 3.05) is 0 Å². The Morgan fingerprint density at radius 3 is 2.40 bits per heavy atom. The molecule has 5 rings (SSSR count). The maximum atomic E-state index is 6.05. The van der Waals surface area contributed by atoms with Gasteiger partial charge in [0.2, 0.25) is 5.89 Å². The number of aromatic nitrogens is 3. The second-order valence-corrected chi connectivity index (χ2v) is 9.93. The minimum absolute atomic E-state index is 0.197. The molecular weight excluding hydrogens is 436 g/mol. The van der Waals surface area contributed by atoms with E-state index in [2.05, 4.69) is 58.8 Å². The first-order valence-corrected chi connectivity index (χ1v) is 12.8. The topological polar surface area (TPSA) is 77.0 Å². The van der Waals surface area contributed by atoms with Crippen molar-refractivity contribution >= 4 is 0 Å². The maximum Gasteiger partial charge on any atom is 0.253 e. The lowest BCUT2D eigenvalue weighted by molar-refractivity contribution is 0.379. The summed E-state index contributed by atoms with van der Waals surface area (Å²) in [6.07, 6.45) is 6.74. The Labute approximate surface area is 207 Å². The van der Waals surface area contributed by atoms with E-state index in [1.807, 2.05) is 37.3 Å². The third-order valence-corrected chi connectivity index (χ3v) is 7.10. The van der Waals surface area contributed by atoms with Gasteiger partial charge in [0, 0.05) is 11.6 Å². The van der Waals surface area contributed by atoms with Gasteiger partial charge in [-0.3, -0.25) is 0 Å². The molecule has 4 aromatic rings. The molecule has 1 fully saturated rings. The van der Waals surface area contributed by atoms with Gasteiger partial charge in [0.15, 0.2) is 0 Å². The van der Waals surface area contributed by atoms with E-state index in [1.165, 1.54) is 43.2 Å². The highest BCUT2D eigenvalue weighted by Gasteiger charge is 2.23. The number of benzene rings is 2. The fraction of sp³-hybridized carbons (Fsp3) is 0.414. The van der Waals surface area contributed by atoms with Crippen LogP contribution < -0.4 is 5.32 Å². The predicted octanol–water partition coefficient (Wildman–Crippen LogP) is 7.23. The molecule has 0 radical (unpaired) electrons. The minimum atomic E-state index is 0.197. The third kappa shape index (κ3) is 5.22. The van der Waals surface area contributed by atoms with Crippen LogP contribution in [-0.4, -0.2) is 15.4 Å². The molecule has 2 aromatic heterocycles. The van der Waals surface area contributed by atoms with Crippen LogP contribution in [-0.2, 0) is 6.54 Å². The summed E-state index contributed by atoms with van der Waals surface area (Å²) < 4.78 is 11.5. The molecule has 1 unspecified atom stereocenters. The predicted molar refractivity (Wildman–Crippen MR) is 137 cm³/mol. The molecule has 0 amide bonds. The highest BCUT2D eigenvalue weighted by molar-refractivity contribution is 5.77. The highest BCUT2D eigenvalue weighted by atomic mass is 16.5. The molecule has 2 aromatic carbocycles. The van der Waals surface area contributed by atoms with E-state index in [9.17, 15) is 0 Å². The van der Waals surface area contributed by atoms with Gasteiger partial charge in [-0.15, -0.1) is 10.2 Å². The first-order chi connectivity index (χ1) is 17.1. The minimum Gasteiger partial charge on any atom is -0.419 e. The molecule has 182 valence electrons. The molecule has 35 heavy (non-hydrogen) atoms. The number of nitrogens with zero attached hydrogens (tertiary/aromatic N) is 3. The molecule has 1 aliphatic rings. The van der Waals surface area contributed by atoms with Crippen LogP contribution in [0.1, 0.15) is 80.7 Å². The van der Waals surface area contributed by atoms with Crippen LogP contribution in [0.4, 0.5) is 0 Å². The lowest BCUT2D eigenvalue weighted by atomic mass is 9.83. The van der Waals surface area contributed by atoms with Crippen LogP contribution in [0, 0.1) is 12.8 Å². The van der Waals surface area contributed by atoms with Crippen LogP contribution in [0.3, 0.4) is 0 Å². The SMILES string of the molecule is Cc1onc(-c2ccccc2)c1-c1nnc(CNC(c2ccc(C3CCCCC3)cc2)C(C)C)o1. The summed E-state index contributed by atoms with van der Waals surface area (Å²) in [5.74, 6) is 2.77. The van der Waals surface area contributed by atoms with Gasteiger partial charge in [0.25, 0.3) is 5.89 Å². The van der Waals surface area contributed by atoms with Gasteiger partial charge in [-0.25, -0.2) is 0 Å². The van der Waals surface area contributed by atoms with Crippen molar-refractivity contribution in [1.82, 2.24) is 20.7 Å². The Balaban J connectivity index is 1.29. The van der Waals surface area contributed by atoms with Gasteiger partial charge in [0.05, 0.1) is 6.54 Å². The summed E-state index contributed by atoms with van der Waals surface area (Å²) in [4.78, 5) is 0. The van der Waals surface area contributed by atoms with Crippen molar-refractivity contribution in [1.29, 1.82) is 0 Å². The Morgan fingerprint density at radius 1 is 0.943 bits per heavy atom. The van der Waals surface area contributed by atoms with Crippen molar-refractivity contribution in [3.05, 3.63) is 77.4 Å². The van der Waals surface area contributed by atoms with E-state index in [0.29, 0.717) is 35.7 Å². The largest absolute Gasteiger partial charge is 0.419 e. The molecule has 1 N–H and O–H groups in total. The monoisotopic (exact) mass is 470 g/mol. The van der Waals surface area contributed by atoms with Crippen molar-refractivity contribution in [3.8, 4) is 22.7 Å². The summed E-state index contributed by atoms with van der Waals surface area (Å²) in [5.41, 5.74) is 5.18. The fourth-order valence-electron chi connectivity index (χ4n) is 5.19. The van der Waals surface area contributed by atoms with Crippen LogP contribution in [0.25, 0.3) is 22.7 Å². The Kier molecular flexibility index (Phi) is 7.09. The van der Waals surface area contributed by atoms with Gasteiger partial charge in [-0.1, -0.05) is 92.9 Å². The zero-order chi connectivity index (χ0) is 24.2. The second kappa shape index (κ2) is 10.6. The average Bonchev–Trinajstić information content (AvgIpc) is 3.51. The molecule has 0 bridgehead atoms. The summed E-state index contributed by atoms with van der Waals surface area (Å²) in [7, 11) is 0. The molecule has 0 saturated heterocycles. The normalized spacial score (nSPS) is 15.5. The van der Waals surface area contributed by atoms with E-state index < -0.39 is 0 Å². The fourth-order valence-corrected chi connectivity index (χ4v) is 5.19. The van der Waals surface area contributed by atoms with Gasteiger partial charge < -0.3 is 14.3 Å². The number of hydrogen-bond acceptors (Lipinski definition) is 6. The zero-order valence-electron chi connectivity index (χ0n) is 20.8. The average molecular weight is 471 g/mol. The Bertz CT molecular complexity index is 1220. The first-order valence-electron chi connectivity index (χ1n) is 12.8. The third-order valence-electron chi connectivity index (χ3n) is 7.10. The lowest BCUT2D eigenvalue weighted by Gasteiger charge is -2.25. The summed E-state index contributed by atoms with van der Waals surface area (Å²) in [6.45, 7) is 6.82. The maximum absolute atomic E-state index is 6.05. The first kappa shape index (κ1) is 23.5. The molecule has 1 atom stereocenters. The van der Waals surface area contributed by atoms with Crippen LogP contribution >= 0.6 is 0 Å². The number of hydrogen-bond donors (Lipinski definition) is 1. The van der Waals surface area contributed by atoms with Crippen molar-refractivity contribution in [2.24, 2.45) is 5.92 Å². The van der Waals surface area contributed by atoms with Crippen LogP contribution in [0.5, 0.6) is 0 Å². The molecule has 0 spiro atoms. The quantitative estimate of drug-likeness (QED) is 0.293. The molecule has 1 saturated carbocycles. The van der Waals surface area contributed by atoms with E-state index >= 15 is 0 Å². The van der Waals surface area contributed by atoms with Crippen LogP contribution in [0.15, 0.2) is 63.5 Å². The van der Waals surface area contributed by atoms with E-state index in [1.54, 1.807) is 0 Å². The van der Waals surface area contributed by atoms with E-state index in [0.717, 1.165) is 17.0 Å². The number of nitrogens with one attached hydrogen (secondary N) is 1. The molecule has 0 aliphatic heterocycles. The Hall–Kier alpha value is -3.25.